The van der Waals surface area contributed by atoms with Crippen LogP contribution in [0.25, 0.3) is 0 Å². The predicted octanol–water partition coefficient (Wildman–Crippen LogP) is 1.18. The molecule has 0 saturated carbocycles. The number of likely N-dealkylation sites (N-methyl/N-ethyl adjacent to an activating group) is 1. The summed E-state index contributed by atoms with van der Waals surface area (Å²) in [6, 6.07) is 8.26. The molecule has 0 amide bonds. The first-order valence-corrected chi connectivity index (χ1v) is 5.18. The van der Waals surface area contributed by atoms with Gasteiger partial charge in [0.1, 0.15) is 5.75 Å². The standard InChI is InChI=1S/C12H17NO2/c1-13-7-12(8-15-9-12)10-3-5-11(14-2)6-4-10/h3-6,13H,7-9H2,1-2H3. The summed E-state index contributed by atoms with van der Waals surface area (Å²) in [5, 5.41) is 3.23. The van der Waals surface area contributed by atoms with Crippen LogP contribution < -0.4 is 10.1 Å². The van der Waals surface area contributed by atoms with Gasteiger partial charge in [-0.3, -0.25) is 0 Å². The second kappa shape index (κ2) is 4.21. The van der Waals surface area contributed by atoms with Gasteiger partial charge >= 0.3 is 0 Å². The highest BCUT2D eigenvalue weighted by atomic mass is 16.5. The van der Waals surface area contributed by atoms with Crippen molar-refractivity contribution in [1.29, 1.82) is 0 Å². The van der Waals surface area contributed by atoms with Crippen molar-refractivity contribution in [3.63, 3.8) is 0 Å². The first-order valence-electron chi connectivity index (χ1n) is 5.18. The van der Waals surface area contributed by atoms with Gasteiger partial charge in [0.15, 0.2) is 0 Å². The maximum atomic E-state index is 5.33. The third-order valence-corrected chi connectivity index (χ3v) is 2.97. The highest BCUT2D eigenvalue weighted by Gasteiger charge is 2.39. The fourth-order valence-electron chi connectivity index (χ4n) is 2.00. The molecule has 3 nitrogen and oxygen atoms in total. The number of rotatable bonds is 4. The van der Waals surface area contributed by atoms with E-state index in [-0.39, 0.29) is 5.41 Å². The van der Waals surface area contributed by atoms with Crippen molar-refractivity contribution < 1.29 is 9.47 Å². The summed E-state index contributed by atoms with van der Waals surface area (Å²) in [5.41, 5.74) is 1.49. The minimum absolute atomic E-state index is 0.168. The summed E-state index contributed by atoms with van der Waals surface area (Å²) in [4.78, 5) is 0. The van der Waals surface area contributed by atoms with Crippen LogP contribution in [0.3, 0.4) is 0 Å². The van der Waals surface area contributed by atoms with Gasteiger partial charge in [-0.1, -0.05) is 12.1 Å². The minimum atomic E-state index is 0.168. The van der Waals surface area contributed by atoms with E-state index >= 15 is 0 Å². The normalized spacial score (nSPS) is 18.3. The zero-order valence-electron chi connectivity index (χ0n) is 9.25. The fourth-order valence-corrected chi connectivity index (χ4v) is 2.00. The lowest BCUT2D eigenvalue weighted by Gasteiger charge is -2.42. The van der Waals surface area contributed by atoms with Crippen LogP contribution in [-0.4, -0.2) is 33.9 Å². The van der Waals surface area contributed by atoms with Crippen LogP contribution in [0.5, 0.6) is 5.75 Å². The molecule has 15 heavy (non-hydrogen) atoms. The molecule has 1 aromatic carbocycles. The molecule has 0 radical (unpaired) electrons. The van der Waals surface area contributed by atoms with E-state index in [1.54, 1.807) is 7.11 Å². The minimum Gasteiger partial charge on any atom is -0.497 e. The lowest BCUT2D eigenvalue weighted by molar-refractivity contribution is -0.0582. The van der Waals surface area contributed by atoms with Crippen LogP contribution >= 0.6 is 0 Å². The second-order valence-electron chi connectivity index (χ2n) is 4.03. The molecule has 1 aliphatic heterocycles. The molecule has 0 aliphatic carbocycles. The van der Waals surface area contributed by atoms with Crippen LogP contribution in [0, 0.1) is 0 Å². The Morgan fingerprint density at radius 2 is 2.00 bits per heavy atom. The van der Waals surface area contributed by atoms with Gasteiger partial charge in [0.2, 0.25) is 0 Å². The number of ether oxygens (including phenoxy) is 2. The Morgan fingerprint density at radius 1 is 1.33 bits per heavy atom. The average molecular weight is 207 g/mol. The first kappa shape index (κ1) is 10.5. The molecule has 1 fully saturated rings. The Bertz CT molecular complexity index is 317. The van der Waals surface area contributed by atoms with Crippen LogP contribution in [0.15, 0.2) is 24.3 Å². The second-order valence-corrected chi connectivity index (χ2v) is 4.03. The molecule has 82 valence electrons. The van der Waals surface area contributed by atoms with Gasteiger partial charge in [0.05, 0.1) is 25.7 Å². The van der Waals surface area contributed by atoms with Gasteiger partial charge in [0.25, 0.3) is 0 Å². The Morgan fingerprint density at radius 3 is 2.40 bits per heavy atom. The molecule has 0 atom stereocenters. The van der Waals surface area contributed by atoms with Gasteiger partial charge in [-0.15, -0.1) is 0 Å². The van der Waals surface area contributed by atoms with Gasteiger partial charge < -0.3 is 14.8 Å². The van der Waals surface area contributed by atoms with Gasteiger partial charge in [-0.25, -0.2) is 0 Å². The molecular formula is C12H17NO2. The lowest BCUT2D eigenvalue weighted by atomic mass is 9.78. The summed E-state index contributed by atoms with van der Waals surface area (Å²) in [7, 11) is 3.66. The van der Waals surface area contributed by atoms with Gasteiger partial charge in [-0.05, 0) is 24.7 Å². The predicted molar refractivity (Wildman–Crippen MR) is 59.4 cm³/mol. The highest BCUT2D eigenvalue weighted by molar-refractivity contribution is 5.34. The van der Waals surface area contributed by atoms with Crippen molar-refractivity contribution in [1.82, 2.24) is 5.32 Å². The van der Waals surface area contributed by atoms with E-state index in [9.17, 15) is 0 Å². The molecule has 1 aliphatic rings. The van der Waals surface area contributed by atoms with Crippen molar-refractivity contribution in [2.75, 3.05) is 33.9 Å². The summed E-state index contributed by atoms with van der Waals surface area (Å²) in [6.07, 6.45) is 0. The summed E-state index contributed by atoms with van der Waals surface area (Å²) in [5.74, 6) is 0.901. The topological polar surface area (TPSA) is 30.5 Å². The van der Waals surface area contributed by atoms with E-state index in [4.69, 9.17) is 9.47 Å². The van der Waals surface area contributed by atoms with Crippen LogP contribution in [-0.2, 0) is 10.2 Å². The van der Waals surface area contributed by atoms with Crippen molar-refractivity contribution in [3.8, 4) is 5.75 Å². The summed E-state index contributed by atoms with van der Waals surface area (Å²) < 4.78 is 10.5. The van der Waals surface area contributed by atoms with Crippen LogP contribution in [0.2, 0.25) is 0 Å². The maximum absolute atomic E-state index is 5.33. The van der Waals surface area contributed by atoms with Crippen LogP contribution in [0.4, 0.5) is 0 Å². The molecule has 1 heterocycles. The molecule has 1 saturated heterocycles. The molecule has 0 spiro atoms. The third-order valence-electron chi connectivity index (χ3n) is 2.97. The number of hydrogen-bond donors (Lipinski definition) is 1. The smallest absolute Gasteiger partial charge is 0.118 e. The number of nitrogens with one attached hydrogen (secondary N) is 1. The van der Waals surface area contributed by atoms with E-state index in [1.807, 2.05) is 19.2 Å². The number of benzene rings is 1. The lowest BCUT2D eigenvalue weighted by Crippen LogP contribution is -2.52. The van der Waals surface area contributed by atoms with Crippen molar-refractivity contribution in [2.24, 2.45) is 0 Å². The Hall–Kier alpha value is -1.06. The number of hydrogen-bond acceptors (Lipinski definition) is 3. The third kappa shape index (κ3) is 1.85. The van der Waals surface area contributed by atoms with E-state index in [0.29, 0.717) is 0 Å². The summed E-state index contributed by atoms with van der Waals surface area (Å²) >= 11 is 0. The molecule has 1 N–H and O–H groups in total. The first-order chi connectivity index (χ1) is 7.30. The van der Waals surface area contributed by atoms with Crippen molar-refractivity contribution in [3.05, 3.63) is 29.8 Å². The van der Waals surface area contributed by atoms with Crippen molar-refractivity contribution in [2.45, 2.75) is 5.41 Å². The fraction of sp³-hybridized carbons (Fsp3) is 0.500. The molecule has 0 bridgehead atoms. The van der Waals surface area contributed by atoms with E-state index in [0.717, 1.165) is 25.5 Å². The highest BCUT2D eigenvalue weighted by Crippen LogP contribution is 2.32. The molecule has 2 rings (SSSR count). The van der Waals surface area contributed by atoms with E-state index < -0.39 is 0 Å². The van der Waals surface area contributed by atoms with E-state index in [2.05, 4.69) is 17.4 Å². The largest absolute Gasteiger partial charge is 0.497 e. The Kier molecular flexibility index (Phi) is 2.93. The maximum Gasteiger partial charge on any atom is 0.118 e. The SMILES string of the molecule is CNCC1(c2ccc(OC)cc2)COC1. The molecular weight excluding hydrogens is 190 g/mol. The molecule has 0 aromatic heterocycles. The van der Waals surface area contributed by atoms with E-state index in [1.165, 1.54) is 5.56 Å². The molecule has 3 heteroatoms. The van der Waals surface area contributed by atoms with Crippen molar-refractivity contribution >= 4 is 0 Å². The molecule has 0 unspecified atom stereocenters. The quantitative estimate of drug-likeness (QED) is 0.804. The van der Waals surface area contributed by atoms with Gasteiger partial charge in [0, 0.05) is 6.54 Å². The number of methoxy groups -OCH3 is 1. The van der Waals surface area contributed by atoms with Crippen LogP contribution in [0.1, 0.15) is 5.56 Å². The monoisotopic (exact) mass is 207 g/mol. The molecule has 1 aromatic rings. The zero-order valence-corrected chi connectivity index (χ0v) is 9.25. The average Bonchev–Trinajstić information content (AvgIpc) is 2.24. The zero-order chi connectivity index (χ0) is 10.7. The Labute approximate surface area is 90.4 Å². The summed E-state index contributed by atoms with van der Waals surface area (Å²) in [6.45, 7) is 2.57. The Balaban J connectivity index is 2.19. The van der Waals surface area contributed by atoms with Gasteiger partial charge in [-0.2, -0.15) is 0 Å².